The van der Waals surface area contributed by atoms with Crippen molar-refractivity contribution in [3.8, 4) is 31.6 Å². The van der Waals surface area contributed by atoms with Crippen LogP contribution in [0.1, 0.15) is 5.56 Å². The Balaban J connectivity index is 1.92. The average molecular weight is 374 g/mol. The Bertz CT molecular complexity index is 950. The zero-order valence-corrected chi connectivity index (χ0v) is 15.5. The topological polar surface area (TPSA) is 12.9 Å². The third-order valence-electron chi connectivity index (χ3n) is 3.48. The summed E-state index contributed by atoms with van der Waals surface area (Å²) in [5.74, 6) is 0. The van der Waals surface area contributed by atoms with Crippen LogP contribution >= 0.6 is 45.6 Å². The highest BCUT2D eigenvalue weighted by molar-refractivity contribution is 7.23. The van der Waals surface area contributed by atoms with Gasteiger partial charge in [-0.1, -0.05) is 29.8 Å². The number of aryl methyl sites for hydroxylation is 1. The number of rotatable bonds is 3. The van der Waals surface area contributed by atoms with E-state index in [1.54, 1.807) is 34.0 Å². The summed E-state index contributed by atoms with van der Waals surface area (Å²) in [7, 11) is 0. The molecule has 0 radical (unpaired) electrons. The van der Waals surface area contributed by atoms with Crippen molar-refractivity contribution >= 4 is 45.6 Å². The number of benzene rings is 1. The van der Waals surface area contributed by atoms with E-state index < -0.39 is 0 Å². The lowest BCUT2D eigenvalue weighted by molar-refractivity contribution is 1.41. The predicted molar refractivity (Wildman–Crippen MR) is 104 cm³/mol. The van der Waals surface area contributed by atoms with Gasteiger partial charge in [0.2, 0.25) is 0 Å². The van der Waals surface area contributed by atoms with Crippen LogP contribution in [-0.4, -0.2) is 4.98 Å². The smallest absolute Gasteiger partial charge is 0.126 e. The molecule has 23 heavy (non-hydrogen) atoms. The van der Waals surface area contributed by atoms with Gasteiger partial charge in [-0.3, -0.25) is 0 Å². The summed E-state index contributed by atoms with van der Waals surface area (Å²) < 4.78 is 0. The second-order valence-electron chi connectivity index (χ2n) is 5.18. The maximum absolute atomic E-state index is 6.37. The molecule has 114 valence electrons. The van der Waals surface area contributed by atoms with Crippen LogP contribution in [0.5, 0.6) is 0 Å². The molecule has 1 nitrogen and oxygen atoms in total. The van der Waals surface area contributed by atoms with Gasteiger partial charge in [0.1, 0.15) is 5.01 Å². The Morgan fingerprint density at radius 3 is 2.65 bits per heavy atom. The first-order valence-electron chi connectivity index (χ1n) is 7.06. The van der Waals surface area contributed by atoms with Crippen molar-refractivity contribution in [2.24, 2.45) is 0 Å². The molecule has 0 unspecified atom stereocenters. The summed E-state index contributed by atoms with van der Waals surface area (Å²) in [5.41, 5.74) is 4.50. The lowest BCUT2D eigenvalue weighted by Gasteiger charge is -1.98. The van der Waals surface area contributed by atoms with Crippen molar-refractivity contribution in [3.63, 3.8) is 0 Å². The van der Waals surface area contributed by atoms with E-state index in [1.165, 1.54) is 20.9 Å². The molecule has 0 saturated carbocycles. The van der Waals surface area contributed by atoms with Gasteiger partial charge in [0.25, 0.3) is 0 Å². The Morgan fingerprint density at radius 2 is 1.96 bits per heavy atom. The highest BCUT2D eigenvalue weighted by Gasteiger charge is 2.18. The van der Waals surface area contributed by atoms with E-state index in [0.29, 0.717) is 0 Å². The molecule has 5 heteroatoms. The Kier molecular flexibility index (Phi) is 4.07. The molecule has 3 aromatic heterocycles. The lowest BCUT2D eigenvalue weighted by atomic mass is 10.2. The van der Waals surface area contributed by atoms with Crippen LogP contribution in [0.2, 0.25) is 5.02 Å². The number of hydrogen-bond donors (Lipinski definition) is 0. The van der Waals surface area contributed by atoms with Crippen LogP contribution < -0.4 is 0 Å². The predicted octanol–water partition coefficient (Wildman–Crippen LogP) is 7.23. The molecule has 3 heterocycles. The standard InChI is InChI=1S/C18H12ClNS3/c1-11-8-15(22-9-11)17-16(12-6-7-21-10-12)20-18(23-17)13-4-2-3-5-14(13)19/h2-10H,1H3. The first-order valence-corrected chi connectivity index (χ1v) is 10.1. The third kappa shape index (κ3) is 2.88. The zero-order chi connectivity index (χ0) is 15.8. The Morgan fingerprint density at radius 1 is 1.09 bits per heavy atom. The van der Waals surface area contributed by atoms with Crippen LogP contribution in [0.25, 0.3) is 31.6 Å². The molecule has 0 spiro atoms. The quantitative estimate of drug-likeness (QED) is 0.369. The lowest BCUT2D eigenvalue weighted by Crippen LogP contribution is -1.80. The highest BCUT2D eigenvalue weighted by Crippen LogP contribution is 2.44. The van der Waals surface area contributed by atoms with Gasteiger partial charge in [-0.25, -0.2) is 4.98 Å². The third-order valence-corrected chi connectivity index (χ3v) is 6.81. The van der Waals surface area contributed by atoms with Crippen LogP contribution in [-0.2, 0) is 0 Å². The molecular formula is C18H12ClNS3. The van der Waals surface area contributed by atoms with Gasteiger partial charge >= 0.3 is 0 Å². The summed E-state index contributed by atoms with van der Waals surface area (Å²) in [5, 5.41) is 8.13. The van der Waals surface area contributed by atoms with Crippen molar-refractivity contribution < 1.29 is 0 Å². The minimum atomic E-state index is 0.743. The van der Waals surface area contributed by atoms with Crippen molar-refractivity contribution in [2.75, 3.05) is 0 Å². The molecule has 0 aliphatic heterocycles. The Hall–Kier alpha value is -1.46. The second-order valence-corrected chi connectivity index (χ2v) is 8.27. The van der Waals surface area contributed by atoms with Crippen molar-refractivity contribution in [2.45, 2.75) is 6.92 Å². The highest BCUT2D eigenvalue weighted by atomic mass is 35.5. The molecular weight excluding hydrogens is 362 g/mol. The first kappa shape index (κ1) is 15.1. The van der Waals surface area contributed by atoms with E-state index in [1.807, 2.05) is 24.3 Å². The van der Waals surface area contributed by atoms with Crippen molar-refractivity contribution in [3.05, 3.63) is 63.1 Å². The number of aromatic nitrogens is 1. The molecule has 4 rings (SSSR count). The summed E-state index contributed by atoms with van der Waals surface area (Å²) in [4.78, 5) is 7.40. The number of thiazole rings is 1. The van der Waals surface area contributed by atoms with Gasteiger partial charge in [-0.2, -0.15) is 11.3 Å². The van der Waals surface area contributed by atoms with Gasteiger partial charge in [0.05, 0.1) is 15.6 Å². The monoisotopic (exact) mass is 373 g/mol. The Labute approximate surface area is 151 Å². The molecule has 0 atom stereocenters. The SMILES string of the molecule is Cc1csc(-c2sc(-c3ccccc3Cl)nc2-c2ccsc2)c1. The maximum atomic E-state index is 6.37. The van der Waals surface area contributed by atoms with Crippen LogP contribution in [0.3, 0.4) is 0 Å². The molecule has 4 aromatic rings. The zero-order valence-electron chi connectivity index (χ0n) is 12.2. The molecule has 0 bridgehead atoms. The van der Waals surface area contributed by atoms with Gasteiger partial charge < -0.3 is 0 Å². The summed E-state index contributed by atoms with van der Waals surface area (Å²) in [6, 6.07) is 12.2. The van der Waals surface area contributed by atoms with Gasteiger partial charge in [-0.05, 0) is 41.4 Å². The summed E-state index contributed by atoms with van der Waals surface area (Å²) in [6.07, 6.45) is 0. The first-order chi connectivity index (χ1) is 11.2. The fourth-order valence-corrected chi connectivity index (χ4v) is 5.45. The summed E-state index contributed by atoms with van der Waals surface area (Å²) >= 11 is 11.5. The fourth-order valence-electron chi connectivity index (χ4n) is 2.38. The molecule has 1 aromatic carbocycles. The molecule has 0 fully saturated rings. The minimum Gasteiger partial charge on any atom is -0.235 e. The van der Waals surface area contributed by atoms with Gasteiger partial charge in [0, 0.05) is 21.4 Å². The van der Waals surface area contributed by atoms with Gasteiger partial charge in [-0.15, -0.1) is 22.7 Å². The number of halogens is 1. The van der Waals surface area contributed by atoms with Crippen LogP contribution in [0.4, 0.5) is 0 Å². The number of nitrogens with zero attached hydrogens (tertiary/aromatic N) is 1. The van der Waals surface area contributed by atoms with E-state index in [9.17, 15) is 0 Å². The minimum absolute atomic E-state index is 0.743. The molecule has 0 N–H and O–H groups in total. The molecule has 0 aliphatic rings. The van der Waals surface area contributed by atoms with E-state index in [4.69, 9.17) is 16.6 Å². The molecule has 0 saturated heterocycles. The van der Waals surface area contributed by atoms with E-state index in [2.05, 4.69) is 35.2 Å². The average Bonchev–Trinajstić information content (AvgIpc) is 3.27. The van der Waals surface area contributed by atoms with Crippen molar-refractivity contribution in [1.29, 1.82) is 0 Å². The molecule has 0 aliphatic carbocycles. The number of thiophene rings is 2. The van der Waals surface area contributed by atoms with Crippen LogP contribution in [0, 0.1) is 6.92 Å². The fraction of sp³-hybridized carbons (Fsp3) is 0.0556. The van der Waals surface area contributed by atoms with Crippen molar-refractivity contribution in [1.82, 2.24) is 4.98 Å². The van der Waals surface area contributed by atoms with Gasteiger partial charge in [0.15, 0.2) is 0 Å². The normalized spacial score (nSPS) is 11.0. The van der Waals surface area contributed by atoms with E-state index >= 15 is 0 Å². The maximum Gasteiger partial charge on any atom is 0.126 e. The van der Waals surface area contributed by atoms with E-state index in [-0.39, 0.29) is 0 Å². The van der Waals surface area contributed by atoms with Crippen LogP contribution in [0.15, 0.2) is 52.5 Å². The second kappa shape index (κ2) is 6.21. The number of hydrogen-bond acceptors (Lipinski definition) is 4. The van der Waals surface area contributed by atoms with E-state index in [0.717, 1.165) is 21.3 Å². The summed E-state index contributed by atoms with van der Waals surface area (Å²) in [6.45, 7) is 2.13. The molecule has 0 amide bonds. The largest absolute Gasteiger partial charge is 0.235 e.